The molecule has 0 amide bonds. The third kappa shape index (κ3) is 1.51. The van der Waals surface area contributed by atoms with Gasteiger partial charge in [-0.05, 0) is 17.7 Å². The molecule has 0 saturated carbocycles. The summed E-state index contributed by atoms with van der Waals surface area (Å²) in [4.78, 5) is 3.28. The molecule has 1 heterocycles. The van der Waals surface area contributed by atoms with Gasteiger partial charge in [-0.15, -0.1) is 6.58 Å². The molecule has 1 N–H and O–H groups in total. The van der Waals surface area contributed by atoms with Crippen molar-refractivity contribution in [2.45, 2.75) is 19.3 Å². The molecule has 0 atom stereocenters. The largest absolute Gasteiger partial charge is 0.496 e. The van der Waals surface area contributed by atoms with E-state index in [1.165, 1.54) is 5.56 Å². The molecule has 1 aromatic carbocycles. The zero-order valence-corrected chi connectivity index (χ0v) is 10.0. The Balaban J connectivity index is 2.76. The molecule has 0 radical (unpaired) electrons. The van der Waals surface area contributed by atoms with Crippen molar-refractivity contribution in [2.24, 2.45) is 0 Å². The van der Waals surface area contributed by atoms with E-state index in [4.69, 9.17) is 4.74 Å². The second-order valence-electron chi connectivity index (χ2n) is 4.51. The van der Waals surface area contributed by atoms with E-state index in [-0.39, 0.29) is 5.41 Å². The van der Waals surface area contributed by atoms with E-state index in [1.54, 1.807) is 7.11 Å². The van der Waals surface area contributed by atoms with E-state index in [2.05, 4.69) is 31.5 Å². The molecule has 0 fully saturated rings. The first-order chi connectivity index (χ1) is 7.60. The van der Waals surface area contributed by atoms with Crippen molar-refractivity contribution < 1.29 is 4.74 Å². The predicted molar refractivity (Wildman–Crippen MR) is 68.1 cm³/mol. The second kappa shape index (κ2) is 3.71. The van der Waals surface area contributed by atoms with E-state index in [0.717, 1.165) is 16.7 Å². The average Bonchev–Trinajstić information content (AvgIpc) is 2.73. The van der Waals surface area contributed by atoms with E-state index < -0.39 is 0 Å². The summed E-state index contributed by atoms with van der Waals surface area (Å²) in [6.45, 7) is 8.19. The lowest BCUT2D eigenvalue weighted by atomic mass is 9.84. The van der Waals surface area contributed by atoms with Crippen molar-refractivity contribution in [3.63, 3.8) is 0 Å². The number of methoxy groups -OCH3 is 1. The van der Waals surface area contributed by atoms with Gasteiger partial charge >= 0.3 is 0 Å². The average molecular weight is 215 g/mol. The van der Waals surface area contributed by atoms with Gasteiger partial charge in [0.25, 0.3) is 0 Å². The van der Waals surface area contributed by atoms with Gasteiger partial charge in [0.1, 0.15) is 5.75 Å². The topological polar surface area (TPSA) is 25.0 Å². The fraction of sp³-hybridized carbons (Fsp3) is 0.286. The Morgan fingerprint density at radius 3 is 2.75 bits per heavy atom. The van der Waals surface area contributed by atoms with Crippen LogP contribution in [0.2, 0.25) is 0 Å². The van der Waals surface area contributed by atoms with Crippen molar-refractivity contribution in [1.29, 1.82) is 0 Å². The van der Waals surface area contributed by atoms with Gasteiger partial charge in [0.05, 0.1) is 7.11 Å². The van der Waals surface area contributed by atoms with Gasteiger partial charge < -0.3 is 9.72 Å². The quantitative estimate of drug-likeness (QED) is 0.777. The number of aromatic nitrogens is 1. The highest BCUT2D eigenvalue weighted by Gasteiger charge is 2.22. The molecule has 0 aliphatic carbocycles. The number of aromatic amines is 1. The zero-order valence-electron chi connectivity index (χ0n) is 10.0. The highest BCUT2D eigenvalue weighted by molar-refractivity contribution is 5.90. The van der Waals surface area contributed by atoms with Crippen molar-refractivity contribution in [1.82, 2.24) is 4.98 Å². The molecular formula is C14H17NO. The molecule has 84 valence electrons. The second-order valence-corrected chi connectivity index (χ2v) is 4.51. The number of rotatable bonds is 3. The maximum absolute atomic E-state index is 5.41. The van der Waals surface area contributed by atoms with Gasteiger partial charge in [0.2, 0.25) is 0 Å². The first-order valence-corrected chi connectivity index (χ1v) is 5.38. The minimum absolute atomic E-state index is 0.0626. The van der Waals surface area contributed by atoms with Crippen LogP contribution in [0.25, 0.3) is 10.9 Å². The Morgan fingerprint density at radius 1 is 1.38 bits per heavy atom. The van der Waals surface area contributed by atoms with Crippen LogP contribution < -0.4 is 4.74 Å². The summed E-state index contributed by atoms with van der Waals surface area (Å²) in [6, 6.07) is 6.03. The highest BCUT2D eigenvalue weighted by atomic mass is 16.5. The molecule has 0 aliphatic heterocycles. The summed E-state index contributed by atoms with van der Waals surface area (Å²) in [5.74, 6) is 0.906. The number of ether oxygens (including phenoxy) is 1. The Labute approximate surface area is 95.9 Å². The van der Waals surface area contributed by atoms with Crippen molar-refractivity contribution in [3.8, 4) is 5.75 Å². The minimum Gasteiger partial charge on any atom is -0.496 e. The highest BCUT2D eigenvalue weighted by Crippen LogP contribution is 2.36. The first kappa shape index (κ1) is 10.8. The molecule has 0 spiro atoms. The molecule has 0 bridgehead atoms. The number of nitrogens with one attached hydrogen (secondary N) is 1. The summed E-state index contributed by atoms with van der Waals surface area (Å²) < 4.78 is 5.41. The van der Waals surface area contributed by atoms with Crippen LogP contribution in [0.4, 0.5) is 0 Å². The molecule has 2 heteroatoms. The van der Waals surface area contributed by atoms with Crippen LogP contribution in [0.15, 0.2) is 37.1 Å². The van der Waals surface area contributed by atoms with Crippen LogP contribution >= 0.6 is 0 Å². The van der Waals surface area contributed by atoms with Crippen molar-refractivity contribution in [2.75, 3.05) is 7.11 Å². The summed E-state index contributed by atoms with van der Waals surface area (Å²) >= 11 is 0. The number of hydrogen-bond donors (Lipinski definition) is 1. The molecule has 2 nitrogen and oxygen atoms in total. The van der Waals surface area contributed by atoms with Crippen LogP contribution in [-0.4, -0.2) is 12.1 Å². The van der Waals surface area contributed by atoms with Crippen LogP contribution in [0.3, 0.4) is 0 Å². The van der Waals surface area contributed by atoms with Gasteiger partial charge in [0.15, 0.2) is 0 Å². The lowest BCUT2D eigenvalue weighted by Gasteiger charge is -2.19. The number of hydrogen-bond acceptors (Lipinski definition) is 1. The maximum Gasteiger partial charge on any atom is 0.128 e. The normalized spacial score (nSPS) is 11.7. The number of allylic oxidation sites excluding steroid dienone is 1. The Kier molecular flexibility index (Phi) is 2.50. The Morgan fingerprint density at radius 2 is 2.12 bits per heavy atom. The molecule has 0 aliphatic rings. The number of fused-ring (bicyclic) bond motifs is 1. The molecule has 16 heavy (non-hydrogen) atoms. The summed E-state index contributed by atoms with van der Waals surface area (Å²) in [7, 11) is 1.70. The SMILES string of the molecule is C=CC(C)(C)c1c[nH]c2cccc(OC)c12. The molecule has 2 rings (SSSR count). The standard InChI is InChI=1S/C14H17NO/c1-5-14(2,3)10-9-15-11-7-6-8-12(16-4)13(10)11/h5-9,15H,1H2,2-4H3. The fourth-order valence-corrected chi connectivity index (χ4v) is 1.94. The smallest absolute Gasteiger partial charge is 0.128 e. The van der Waals surface area contributed by atoms with Crippen LogP contribution in [-0.2, 0) is 5.41 Å². The third-order valence-corrected chi connectivity index (χ3v) is 3.09. The fourth-order valence-electron chi connectivity index (χ4n) is 1.94. The maximum atomic E-state index is 5.41. The predicted octanol–water partition coefficient (Wildman–Crippen LogP) is 3.64. The number of H-pyrrole nitrogens is 1. The van der Waals surface area contributed by atoms with Gasteiger partial charge in [-0.3, -0.25) is 0 Å². The summed E-state index contributed by atoms with van der Waals surface area (Å²) in [5, 5.41) is 1.15. The summed E-state index contributed by atoms with van der Waals surface area (Å²) in [5.41, 5.74) is 2.26. The van der Waals surface area contributed by atoms with Gasteiger partial charge in [-0.25, -0.2) is 0 Å². The van der Waals surface area contributed by atoms with Crippen molar-refractivity contribution in [3.05, 3.63) is 42.6 Å². The molecule has 2 aromatic rings. The zero-order chi connectivity index (χ0) is 11.8. The van der Waals surface area contributed by atoms with E-state index in [9.17, 15) is 0 Å². The van der Waals surface area contributed by atoms with Gasteiger partial charge in [0, 0.05) is 22.5 Å². The first-order valence-electron chi connectivity index (χ1n) is 5.38. The lowest BCUT2D eigenvalue weighted by molar-refractivity contribution is 0.419. The van der Waals surface area contributed by atoms with Crippen molar-refractivity contribution >= 4 is 10.9 Å². The lowest BCUT2D eigenvalue weighted by Crippen LogP contribution is -2.12. The Bertz CT molecular complexity index is 523. The van der Waals surface area contributed by atoms with Gasteiger partial charge in [-0.1, -0.05) is 26.0 Å². The molecule has 0 unspecified atom stereocenters. The van der Waals surface area contributed by atoms with Gasteiger partial charge in [-0.2, -0.15) is 0 Å². The van der Waals surface area contributed by atoms with E-state index in [1.807, 2.05) is 24.4 Å². The molecule has 0 saturated heterocycles. The van der Waals surface area contributed by atoms with E-state index in [0.29, 0.717) is 0 Å². The van der Waals surface area contributed by atoms with Crippen LogP contribution in [0, 0.1) is 0 Å². The summed E-state index contributed by atoms with van der Waals surface area (Å²) in [6.07, 6.45) is 4.00. The number of benzene rings is 1. The molecular weight excluding hydrogens is 198 g/mol. The minimum atomic E-state index is -0.0626. The Hall–Kier alpha value is -1.70. The third-order valence-electron chi connectivity index (χ3n) is 3.09. The van der Waals surface area contributed by atoms with Crippen LogP contribution in [0.5, 0.6) is 5.75 Å². The van der Waals surface area contributed by atoms with E-state index >= 15 is 0 Å². The molecule has 1 aromatic heterocycles. The monoisotopic (exact) mass is 215 g/mol. The van der Waals surface area contributed by atoms with Crippen LogP contribution in [0.1, 0.15) is 19.4 Å².